The minimum atomic E-state index is 0.600. The summed E-state index contributed by atoms with van der Waals surface area (Å²) in [6.07, 6.45) is 0. The first kappa shape index (κ1) is 29.3. The second kappa shape index (κ2) is 12.6. The maximum atomic E-state index is 5.19. The molecule has 0 radical (unpaired) electrons. The van der Waals surface area contributed by atoms with Crippen LogP contribution in [-0.2, 0) is 0 Å². The average molecular weight is 640 g/mol. The SMILES string of the molecule is c1ccc(-c2ccc(-c3nc(-c4ccccc4)nc(-c4cccc(-c5ccc6ccc7ccc(-c8ccccc8)nc7c6n5)c4)n3)cc2)cc1. The van der Waals surface area contributed by atoms with E-state index in [1.54, 1.807) is 0 Å². The van der Waals surface area contributed by atoms with E-state index >= 15 is 0 Å². The zero-order valence-electron chi connectivity index (χ0n) is 27.0. The monoisotopic (exact) mass is 639 g/mol. The van der Waals surface area contributed by atoms with Gasteiger partial charge in [-0.3, -0.25) is 0 Å². The Balaban J connectivity index is 1.13. The van der Waals surface area contributed by atoms with Crippen molar-refractivity contribution < 1.29 is 0 Å². The van der Waals surface area contributed by atoms with Crippen molar-refractivity contribution in [3.63, 3.8) is 0 Å². The first-order valence-electron chi connectivity index (χ1n) is 16.6. The minimum Gasteiger partial charge on any atom is -0.245 e. The highest BCUT2D eigenvalue weighted by molar-refractivity contribution is 6.04. The van der Waals surface area contributed by atoms with Gasteiger partial charge in [0.15, 0.2) is 17.5 Å². The first-order valence-corrected chi connectivity index (χ1v) is 16.6. The largest absolute Gasteiger partial charge is 0.245 e. The number of pyridine rings is 2. The molecule has 0 saturated carbocycles. The Bertz CT molecular complexity index is 2620. The van der Waals surface area contributed by atoms with Crippen molar-refractivity contribution in [1.29, 1.82) is 0 Å². The van der Waals surface area contributed by atoms with E-state index in [2.05, 4.69) is 109 Å². The summed E-state index contributed by atoms with van der Waals surface area (Å²) in [5.41, 5.74) is 10.6. The van der Waals surface area contributed by atoms with Gasteiger partial charge >= 0.3 is 0 Å². The van der Waals surface area contributed by atoms with Gasteiger partial charge in [-0.25, -0.2) is 24.9 Å². The Morgan fingerprint density at radius 2 is 0.620 bits per heavy atom. The van der Waals surface area contributed by atoms with Crippen molar-refractivity contribution in [3.05, 3.63) is 176 Å². The maximum absolute atomic E-state index is 5.19. The van der Waals surface area contributed by atoms with E-state index in [1.165, 1.54) is 5.56 Å². The zero-order chi connectivity index (χ0) is 33.3. The van der Waals surface area contributed by atoms with Gasteiger partial charge in [-0.05, 0) is 29.3 Å². The molecular formula is C45H29N5. The quantitative estimate of drug-likeness (QED) is 0.169. The second-order valence-electron chi connectivity index (χ2n) is 12.2. The molecule has 0 atom stereocenters. The van der Waals surface area contributed by atoms with Crippen LogP contribution in [0.3, 0.4) is 0 Å². The summed E-state index contributed by atoms with van der Waals surface area (Å²) >= 11 is 0. The summed E-state index contributed by atoms with van der Waals surface area (Å²) in [7, 11) is 0. The molecule has 9 aromatic rings. The first-order chi connectivity index (χ1) is 24.7. The van der Waals surface area contributed by atoms with Crippen LogP contribution in [0.4, 0.5) is 0 Å². The van der Waals surface area contributed by atoms with Crippen LogP contribution >= 0.6 is 0 Å². The van der Waals surface area contributed by atoms with Crippen molar-refractivity contribution in [2.45, 2.75) is 0 Å². The van der Waals surface area contributed by atoms with E-state index in [-0.39, 0.29) is 0 Å². The normalized spacial score (nSPS) is 11.2. The molecule has 0 aliphatic carbocycles. The number of hydrogen-bond donors (Lipinski definition) is 0. The Morgan fingerprint density at radius 3 is 1.20 bits per heavy atom. The lowest BCUT2D eigenvalue weighted by atomic mass is 10.0. The predicted molar refractivity (Wildman–Crippen MR) is 203 cm³/mol. The van der Waals surface area contributed by atoms with E-state index in [0.717, 1.165) is 66.6 Å². The molecule has 0 saturated heterocycles. The third-order valence-electron chi connectivity index (χ3n) is 8.92. The van der Waals surface area contributed by atoms with E-state index in [0.29, 0.717) is 17.5 Å². The molecule has 9 rings (SSSR count). The topological polar surface area (TPSA) is 64.5 Å². The molecule has 0 amide bonds. The number of benzene rings is 6. The molecule has 5 heteroatoms. The fourth-order valence-electron chi connectivity index (χ4n) is 6.31. The third kappa shape index (κ3) is 5.67. The standard InChI is InChI=1S/C45H29N5/c1-4-11-30(12-5-1)31-19-23-36(24-20-31)44-48-43(35-15-8-3-9-16-35)49-45(50-44)38-18-10-17-37(29-38)40-28-26-34-22-21-33-25-27-39(32-13-6-2-7-14-32)46-41(33)42(34)47-40/h1-29H. The van der Waals surface area contributed by atoms with Crippen LogP contribution in [0.25, 0.3) is 89.6 Å². The summed E-state index contributed by atoms with van der Waals surface area (Å²) in [6, 6.07) is 59.9. The second-order valence-corrected chi connectivity index (χ2v) is 12.2. The van der Waals surface area contributed by atoms with Crippen LogP contribution in [0.1, 0.15) is 0 Å². The molecule has 0 N–H and O–H groups in total. The number of rotatable bonds is 6. The fraction of sp³-hybridized carbons (Fsp3) is 0. The summed E-state index contributed by atoms with van der Waals surface area (Å²) in [5, 5.41) is 2.10. The highest BCUT2D eigenvalue weighted by Crippen LogP contribution is 2.31. The van der Waals surface area contributed by atoms with Crippen molar-refractivity contribution >= 4 is 21.8 Å². The molecule has 50 heavy (non-hydrogen) atoms. The summed E-state index contributed by atoms with van der Waals surface area (Å²) in [4.78, 5) is 25.2. The lowest BCUT2D eigenvalue weighted by molar-refractivity contribution is 1.07. The lowest BCUT2D eigenvalue weighted by Crippen LogP contribution is -2.00. The molecule has 3 aromatic heterocycles. The maximum Gasteiger partial charge on any atom is 0.164 e. The van der Waals surface area contributed by atoms with Crippen LogP contribution in [-0.4, -0.2) is 24.9 Å². The van der Waals surface area contributed by atoms with Crippen LogP contribution in [0.15, 0.2) is 176 Å². The van der Waals surface area contributed by atoms with Crippen molar-refractivity contribution in [1.82, 2.24) is 24.9 Å². The molecule has 0 aliphatic heterocycles. The average Bonchev–Trinajstić information content (AvgIpc) is 3.21. The van der Waals surface area contributed by atoms with Gasteiger partial charge in [0.1, 0.15) is 0 Å². The van der Waals surface area contributed by atoms with Crippen LogP contribution in [0, 0.1) is 0 Å². The van der Waals surface area contributed by atoms with Crippen LogP contribution in [0.5, 0.6) is 0 Å². The summed E-state index contributed by atoms with van der Waals surface area (Å²) in [5.74, 6) is 1.84. The number of hydrogen-bond acceptors (Lipinski definition) is 5. The Hall–Kier alpha value is -6.85. The van der Waals surface area contributed by atoms with Gasteiger partial charge in [-0.15, -0.1) is 0 Å². The predicted octanol–water partition coefficient (Wildman–Crippen LogP) is 11.0. The molecule has 0 unspecified atom stereocenters. The summed E-state index contributed by atoms with van der Waals surface area (Å²) < 4.78 is 0. The van der Waals surface area contributed by atoms with E-state index < -0.39 is 0 Å². The number of aromatic nitrogens is 5. The third-order valence-corrected chi connectivity index (χ3v) is 8.92. The molecule has 3 heterocycles. The molecule has 0 aliphatic rings. The Kier molecular flexibility index (Phi) is 7.41. The molecule has 6 aromatic carbocycles. The smallest absolute Gasteiger partial charge is 0.164 e. The van der Waals surface area contributed by atoms with Crippen LogP contribution < -0.4 is 0 Å². The van der Waals surface area contributed by atoms with Gasteiger partial charge < -0.3 is 0 Å². The Morgan fingerprint density at radius 1 is 0.240 bits per heavy atom. The van der Waals surface area contributed by atoms with Gasteiger partial charge in [0.05, 0.1) is 22.4 Å². The van der Waals surface area contributed by atoms with Crippen LogP contribution in [0.2, 0.25) is 0 Å². The van der Waals surface area contributed by atoms with Crippen molar-refractivity contribution in [2.75, 3.05) is 0 Å². The van der Waals surface area contributed by atoms with E-state index in [4.69, 9.17) is 24.9 Å². The molecule has 0 spiro atoms. The molecule has 0 fully saturated rings. The van der Waals surface area contributed by atoms with Gasteiger partial charge in [0.2, 0.25) is 0 Å². The van der Waals surface area contributed by atoms with E-state index in [1.807, 2.05) is 66.7 Å². The van der Waals surface area contributed by atoms with E-state index in [9.17, 15) is 0 Å². The molecule has 5 nitrogen and oxygen atoms in total. The molecular weight excluding hydrogens is 611 g/mol. The highest BCUT2D eigenvalue weighted by atomic mass is 15.0. The van der Waals surface area contributed by atoms with Crippen molar-refractivity contribution in [2.24, 2.45) is 0 Å². The van der Waals surface area contributed by atoms with Gasteiger partial charge in [0, 0.05) is 38.6 Å². The fourth-order valence-corrected chi connectivity index (χ4v) is 6.31. The Labute approximate surface area is 289 Å². The molecule has 0 bridgehead atoms. The number of nitrogens with zero attached hydrogens (tertiary/aromatic N) is 5. The van der Waals surface area contributed by atoms with Gasteiger partial charge in [-0.2, -0.15) is 0 Å². The highest BCUT2D eigenvalue weighted by Gasteiger charge is 2.14. The van der Waals surface area contributed by atoms with Gasteiger partial charge in [-0.1, -0.05) is 158 Å². The number of fused-ring (bicyclic) bond motifs is 3. The van der Waals surface area contributed by atoms with Gasteiger partial charge in [0.25, 0.3) is 0 Å². The molecule has 234 valence electrons. The zero-order valence-corrected chi connectivity index (χ0v) is 27.0. The van der Waals surface area contributed by atoms with Crippen molar-refractivity contribution in [3.8, 4) is 67.8 Å². The lowest BCUT2D eigenvalue weighted by Gasteiger charge is -2.11. The summed E-state index contributed by atoms with van der Waals surface area (Å²) in [6.45, 7) is 0. The minimum absolute atomic E-state index is 0.600.